The minimum absolute atomic E-state index is 0.0769. The van der Waals surface area contributed by atoms with Crippen LogP contribution >= 0.6 is 15.9 Å². The molecular weight excluding hydrogens is 256 g/mol. The maximum Gasteiger partial charge on any atom is 0.177 e. The number of Topliss-reactive ketones (excluding diaryl/α,β-unsaturated/α-hetero) is 1. The number of nitrogens with zero attached hydrogens (tertiary/aromatic N) is 2. The average Bonchev–Trinajstić information content (AvgIpc) is 2.52. The van der Waals surface area contributed by atoms with E-state index in [9.17, 15) is 4.79 Å². The minimum Gasteiger partial charge on any atom is -0.293 e. The van der Waals surface area contributed by atoms with Gasteiger partial charge in [0.05, 0.1) is 22.1 Å². The van der Waals surface area contributed by atoms with E-state index in [2.05, 4.69) is 21.0 Å². The van der Waals surface area contributed by atoms with Gasteiger partial charge in [0, 0.05) is 6.20 Å². The van der Waals surface area contributed by atoms with Gasteiger partial charge < -0.3 is 0 Å². The normalized spacial score (nSPS) is 10.9. The highest BCUT2D eigenvalue weighted by molar-refractivity contribution is 9.09. The third-order valence-corrected chi connectivity index (χ3v) is 2.88. The third kappa shape index (κ3) is 1.69. The molecule has 78 valence electrons. The van der Waals surface area contributed by atoms with Gasteiger partial charge in [-0.25, -0.2) is 4.52 Å². The van der Waals surface area contributed by atoms with Crippen LogP contribution in [-0.2, 0) is 0 Å². The summed E-state index contributed by atoms with van der Waals surface area (Å²) < 4.78 is 1.75. The number of halogens is 1. The van der Waals surface area contributed by atoms with Crippen LogP contribution in [0, 0.1) is 13.8 Å². The molecule has 0 saturated heterocycles. The molecule has 0 N–H and O–H groups in total. The highest BCUT2D eigenvalue weighted by atomic mass is 79.9. The second kappa shape index (κ2) is 3.77. The zero-order chi connectivity index (χ0) is 11.0. The summed E-state index contributed by atoms with van der Waals surface area (Å²) in [5, 5.41) is 4.63. The molecule has 2 aromatic heterocycles. The van der Waals surface area contributed by atoms with Crippen molar-refractivity contribution in [2.75, 3.05) is 5.33 Å². The van der Waals surface area contributed by atoms with Gasteiger partial charge in [-0.15, -0.1) is 0 Å². The van der Waals surface area contributed by atoms with Crippen LogP contribution < -0.4 is 0 Å². The number of hydrogen-bond acceptors (Lipinski definition) is 2. The molecule has 0 saturated carbocycles. The van der Waals surface area contributed by atoms with Crippen molar-refractivity contribution in [3.63, 3.8) is 0 Å². The number of carbonyl (C=O) groups is 1. The van der Waals surface area contributed by atoms with E-state index >= 15 is 0 Å². The van der Waals surface area contributed by atoms with Gasteiger partial charge in [0.2, 0.25) is 0 Å². The van der Waals surface area contributed by atoms with Crippen molar-refractivity contribution in [3.8, 4) is 0 Å². The van der Waals surface area contributed by atoms with Gasteiger partial charge in [-0.05, 0) is 31.5 Å². The smallest absolute Gasteiger partial charge is 0.177 e. The minimum atomic E-state index is 0.0769. The van der Waals surface area contributed by atoms with E-state index in [-0.39, 0.29) is 5.78 Å². The summed E-state index contributed by atoms with van der Waals surface area (Å²) in [4.78, 5) is 11.7. The Labute approximate surface area is 96.2 Å². The monoisotopic (exact) mass is 266 g/mol. The number of fused-ring (bicyclic) bond motifs is 1. The SMILES string of the molecule is Cc1ccn2nc(C)c(C(=O)CBr)c2c1. The second-order valence-corrected chi connectivity index (χ2v) is 4.11. The van der Waals surface area contributed by atoms with Crippen LogP contribution in [-0.4, -0.2) is 20.7 Å². The molecule has 0 fully saturated rings. The number of pyridine rings is 1. The first kappa shape index (κ1) is 10.4. The van der Waals surface area contributed by atoms with Crippen molar-refractivity contribution in [2.24, 2.45) is 0 Å². The van der Waals surface area contributed by atoms with Crippen LogP contribution in [0.1, 0.15) is 21.6 Å². The summed E-state index contributed by atoms with van der Waals surface area (Å²) in [6.45, 7) is 3.86. The number of rotatable bonds is 2. The fourth-order valence-electron chi connectivity index (χ4n) is 1.68. The van der Waals surface area contributed by atoms with Crippen molar-refractivity contribution in [3.05, 3.63) is 35.2 Å². The van der Waals surface area contributed by atoms with Crippen LogP contribution in [0.4, 0.5) is 0 Å². The standard InChI is InChI=1S/C11H11BrN2O/c1-7-3-4-14-9(5-7)11(8(2)13-14)10(15)6-12/h3-5H,6H2,1-2H3. The van der Waals surface area contributed by atoms with Gasteiger partial charge in [0.1, 0.15) is 0 Å². The lowest BCUT2D eigenvalue weighted by Crippen LogP contribution is -2.01. The van der Waals surface area contributed by atoms with E-state index in [1.54, 1.807) is 4.52 Å². The first-order valence-electron chi connectivity index (χ1n) is 4.68. The largest absolute Gasteiger partial charge is 0.293 e. The lowest BCUT2D eigenvalue weighted by molar-refractivity contribution is 0.102. The number of hydrogen-bond donors (Lipinski definition) is 0. The number of carbonyl (C=O) groups excluding carboxylic acids is 1. The predicted octanol–water partition coefficient (Wildman–Crippen LogP) is 2.53. The molecule has 2 aromatic rings. The molecule has 3 nitrogen and oxygen atoms in total. The Bertz CT molecular complexity index is 531. The first-order valence-corrected chi connectivity index (χ1v) is 5.80. The van der Waals surface area contributed by atoms with Gasteiger partial charge in [-0.3, -0.25) is 4.79 Å². The van der Waals surface area contributed by atoms with Crippen LogP contribution in [0.2, 0.25) is 0 Å². The van der Waals surface area contributed by atoms with Gasteiger partial charge in [-0.1, -0.05) is 15.9 Å². The van der Waals surface area contributed by atoms with Gasteiger partial charge in [-0.2, -0.15) is 5.10 Å². The molecular formula is C11H11BrN2O. The highest BCUT2D eigenvalue weighted by Gasteiger charge is 2.15. The van der Waals surface area contributed by atoms with Crippen LogP contribution in [0.15, 0.2) is 18.3 Å². The lowest BCUT2D eigenvalue weighted by atomic mass is 10.1. The Morgan fingerprint density at radius 3 is 2.93 bits per heavy atom. The van der Waals surface area contributed by atoms with Crippen molar-refractivity contribution in [1.82, 2.24) is 9.61 Å². The highest BCUT2D eigenvalue weighted by Crippen LogP contribution is 2.17. The molecule has 0 aromatic carbocycles. The van der Waals surface area contributed by atoms with Crippen molar-refractivity contribution < 1.29 is 4.79 Å². The van der Waals surface area contributed by atoms with Crippen LogP contribution in [0.3, 0.4) is 0 Å². The van der Waals surface area contributed by atoms with Crippen molar-refractivity contribution >= 4 is 27.2 Å². The van der Waals surface area contributed by atoms with E-state index in [0.717, 1.165) is 22.3 Å². The zero-order valence-corrected chi connectivity index (χ0v) is 10.2. The van der Waals surface area contributed by atoms with Gasteiger partial charge >= 0.3 is 0 Å². The summed E-state index contributed by atoms with van der Waals surface area (Å²) in [5.74, 6) is 0.0769. The molecule has 0 aliphatic rings. The molecule has 2 heterocycles. The van der Waals surface area contributed by atoms with E-state index in [1.807, 2.05) is 32.2 Å². The molecule has 0 radical (unpaired) electrons. The predicted molar refractivity (Wildman–Crippen MR) is 62.8 cm³/mol. The Kier molecular flexibility index (Phi) is 2.61. The lowest BCUT2D eigenvalue weighted by Gasteiger charge is -1.97. The molecule has 0 unspecified atom stereocenters. The number of ketones is 1. The number of aromatic nitrogens is 2. The maximum atomic E-state index is 11.7. The Morgan fingerprint density at radius 2 is 2.27 bits per heavy atom. The number of aryl methyl sites for hydroxylation is 2. The van der Waals surface area contributed by atoms with E-state index in [1.165, 1.54) is 0 Å². The zero-order valence-electron chi connectivity index (χ0n) is 8.62. The molecule has 0 aliphatic carbocycles. The fourth-order valence-corrected chi connectivity index (χ4v) is 1.96. The molecule has 0 aliphatic heterocycles. The van der Waals surface area contributed by atoms with Crippen LogP contribution in [0.25, 0.3) is 5.52 Å². The number of alkyl halides is 1. The van der Waals surface area contributed by atoms with Crippen LogP contribution in [0.5, 0.6) is 0 Å². The summed E-state index contributed by atoms with van der Waals surface area (Å²) >= 11 is 3.19. The Morgan fingerprint density at radius 1 is 1.53 bits per heavy atom. The summed E-state index contributed by atoms with van der Waals surface area (Å²) in [6, 6.07) is 3.96. The summed E-state index contributed by atoms with van der Waals surface area (Å²) in [6.07, 6.45) is 1.88. The Hall–Kier alpha value is -1.16. The molecule has 0 spiro atoms. The third-order valence-electron chi connectivity index (χ3n) is 2.37. The summed E-state index contributed by atoms with van der Waals surface area (Å²) in [5.41, 5.74) is 3.52. The first-order chi connectivity index (χ1) is 7.13. The molecule has 4 heteroatoms. The Balaban J connectivity index is 2.76. The van der Waals surface area contributed by atoms with Crippen molar-refractivity contribution in [2.45, 2.75) is 13.8 Å². The van der Waals surface area contributed by atoms with Gasteiger partial charge in [0.25, 0.3) is 0 Å². The molecule has 2 rings (SSSR count). The molecule has 0 amide bonds. The molecule has 0 bridgehead atoms. The quantitative estimate of drug-likeness (QED) is 0.619. The van der Waals surface area contributed by atoms with E-state index in [0.29, 0.717) is 5.33 Å². The molecule has 0 atom stereocenters. The fraction of sp³-hybridized carbons (Fsp3) is 0.273. The summed E-state index contributed by atoms with van der Waals surface area (Å²) in [7, 11) is 0. The second-order valence-electron chi connectivity index (χ2n) is 3.55. The topological polar surface area (TPSA) is 34.4 Å². The average molecular weight is 267 g/mol. The van der Waals surface area contributed by atoms with Crippen molar-refractivity contribution in [1.29, 1.82) is 0 Å². The van der Waals surface area contributed by atoms with Gasteiger partial charge in [0.15, 0.2) is 5.78 Å². The van der Waals surface area contributed by atoms with E-state index in [4.69, 9.17) is 0 Å². The molecule has 15 heavy (non-hydrogen) atoms. The maximum absolute atomic E-state index is 11.7. The van der Waals surface area contributed by atoms with E-state index < -0.39 is 0 Å².